The number of benzene rings is 1. The van der Waals surface area contributed by atoms with Crippen molar-refractivity contribution in [1.82, 2.24) is 4.31 Å². The largest absolute Gasteiger partial charge is 0.399 e. The number of primary amides is 1. The van der Waals surface area contributed by atoms with Gasteiger partial charge < -0.3 is 11.5 Å². The Balaban J connectivity index is 3.33. The zero-order valence-corrected chi connectivity index (χ0v) is 11.7. The summed E-state index contributed by atoms with van der Waals surface area (Å²) in [4.78, 5) is 10.4. The maximum Gasteiger partial charge on any atom is 0.246 e. The van der Waals surface area contributed by atoms with Gasteiger partial charge in [-0.05, 0) is 12.1 Å². The van der Waals surface area contributed by atoms with Gasteiger partial charge in [-0.1, -0.05) is 23.2 Å². The number of sulfonamides is 1. The zero-order valence-electron chi connectivity index (χ0n) is 9.35. The number of amides is 1. The van der Waals surface area contributed by atoms with E-state index in [1.165, 1.54) is 19.2 Å². The Kier molecular flexibility index (Phi) is 4.44. The molecule has 0 saturated heterocycles. The van der Waals surface area contributed by atoms with E-state index in [1.807, 2.05) is 0 Å². The van der Waals surface area contributed by atoms with Gasteiger partial charge in [-0.25, -0.2) is 8.42 Å². The second-order valence-electron chi connectivity index (χ2n) is 3.54. The van der Waals surface area contributed by atoms with Crippen LogP contribution in [0.5, 0.6) is 0 Å². The van der Waals surface area contributed by atoms with Crippen LogP contribution in [0.4, 0.5) is 5.69 Å². The predicted molar refractivity (Wildman–Crippen MR) is 69.9 cm³/mol. The van der Waals surface area contributed by atoms with Crippen molar-refractivity contribution in [2.75, 3.05) is 19.3 Å². The molecule has 4 N–H and O–H groups in total. The van der Waals surface area contributed by atoms with Crippen molar-refractivity contribution in [3.63, 3.8) is 0 Å². The van der Waals surface area contributed by atoms with Crippen LogP contribution in [-0.2, 0) is 14.8 Å². The first-order valence-electron chi connectivity index (χ1n) is 4.65. The molecule has 0 radical (unpaired) electrons. The second-order valence-corrected chi connectivity index (χ2v) is 6.34. The summed E-state index contributed by atoms with van der Waals surface area (Å²) in [6.07, 6.45) is 0. The number of hydrogen-bond donors (Lipinski definition) is 2. The molecule has 0 saturated carbocycles. The first kappa shape index (κ1) is 15.0. The summed E-state index contributed by atoms with van der Waals surface area (Å²) >= 11 is 11.6. The second kappa shape index (κ2) is 5.31. The van der Waals surface area contributed by atoms with Crippen LogP contribution in [0.25, 0.3) is 0 Å². The Morgan fingerprint density at radius 3 is 2.17 bits per heavy atom. The van der Waals surface area contributed by atoms with Gasteiger partial charge in [0.1, 0.15) is 4.90 Å². The molecule has 0 spiro atoms. The highest BCUT2D eigenvalue weighted by Crippen LogP contribution is 2.33. The Morgan fingerprint density at radius 1 is 1.33 bits per heavy atom. The number of nitrogens with two attached hydrogens (primary N) is 2. The van der Waals surface area contributed by atoms with Crippen molar-refractivity contribution in [2.24, 2.45) is 5.73 Å². The van der Waals surface area contributed by atoms with Gasteiger partial charge in [0.05, 0.1) is 16.6 Å². The van der Waals surface area contributed by atoms with E-state index in [4.69, 9.17) is 34.7 Å². The molecule has 0 bridgehead atoms. The summed E-state index contributed by atoms with van der Waals surface area (Å²) < 4.78 is 25.0. The molecule has 1 aromatic carbocycles. The van der Waals surface area contributed by atoms with Crippen LogP contribution >= 0.6 is 23.2 Å². The van der Waals surface area contributed by atoms with Gasteiger partial charge in [0.15, 0.2) is 0 Å². The molecule has 1 amide bonds. The molecule has 0 unspecified atom stereocenters. The van der Waals surface area contributed by atoms with E-state index < -0.39 is 22.5 Å². The maximum atomic E-state index is 12.1. The molecule has 18 heavy (non-hydrogen) atoms. The number of carbonyl (C=O) groups is 1. The third-order valence-corrected chi connectivity index (χ3v) is 4.79. The van der Waals surface area contributed by atoms with Crippen LogP contribution in [0.15, 0.2) is 17.0 Å². The highest BCUT2D eigenvalue weighted by atomic mass is 35.5. The van der Waals surface area contributed by atoms with E-state index in [9.17, 15) is 13.2 Å². The Hall–Kier alpha value is -1.02. The minimum absolute atomic E-state index is 0.115. The molecule has 0 aliphatic carbocycles. The summed E-state index contributed by atoms with van der Waals surface area (Å²) in [5.41, 5.74) is 10.7. The number of anilines is 1. The predicted octanol–water partition coefficient (Wildman–Crippen LogP) is 0.681. The fraction of sp³-hybridized carbons (Fsp3) is 0.222. The zero-order chi connectivity index (χ0) is 14.1. The maximum absolute atomic E-state index is 12.1. The van der Waals surface area contributed by atoms with E-state index >= 15 is 0 Å². The number of carbonyl (C=O) groups excluding carboxylic acids is 1. The number of halogens is 2. The number of nitrogen functional groups attached to an aromatic ring is 1. The number of nitrogens with zero attached hydrogens (tertiary/aromatic N) is 1. The summed E-state index contributed by atoms with van der Waals surface area (Å²) in [5.74, 6) is -0.788. The van der Waals surface area contributed by atoms with Gasteiger partial charge in [-0.3, -0.25) is 4.79 Å². The van der Waals surface area contributed by atoms with Gasteiger partial charge >= 0.3 is 0 Å². The first-order chi connectivity index (χ1) is 8.16. The van der Waals surface area contributed by atoms with Gasteiger partial charge in [-0.2, -0.15) is 4.31 Å². The quantitative estimate of drug-likeness (QED) is 0.797. The van der Waals surface area contributed by atoms with Crippen LogP contribution in [0, 0.1) is 0 Å². The normalized spacial score (nSPS) is 11.8. The lowest BCUT2D eigenvalue weighted by Crippen LogP contribution is -2.35. The summed E-state index contributed by atoms with van der Waals surface area (Å²) in [5, 5.41) is -0.229. The molecule has 1 aromatic rings. The molecule has 0 heterocycles. The minimum atomic E-state index is -4.00. The molecular weight excluding hydrogens is 301 g/mol. The van der Waals surface area contributed by atoms with E-state index in [1.54, 1.807) is 0 Å². The number of rotatable bonds is 4. The van der Waals surface area contributed by atoms with Crippen molar-refractivity contribution in [3.05, 3.63) is 22.2 Å². The fourth-order valence-electron chi connectivity index (χ4n) is 1.29. The number of hydrogen-bond acceptors (Lipinski definition) is 4. The Labute approximate surface area is 114 Å². The van der Waals surface area contributed by atoms with Crippen LogP contribution in [0.2, 0.25) is 10.0 Å². The fourth-order valence-corrected chi connectivity index (χ4v) is 3.59. The third kappa shape index (κ3) is 3.05. The Morgan fingerprint density at radius 2 is 1.78 bits per heavy atom. The molecule has 0 aromatic heterocycles. The molecule has 100 valence electrons. The minimum Gasteiger partial charge on any atom is -0.399 e. The summed E-state index contributed by atoms with van der Waals surface area (Å²) in [6.45, 7) is -0.473. The van der Waals surface area contributed by atoms with Crippen molar-refractivity contribution < 1.29 is 13.2 Å². The van der Waals surface area contributed by atoms with E-state index in [0.29, 0.717) is 0 Å². The first-order valence-corrected chi connectivity index (χ1v) is 6.85. The molecule has 9 heteroatoms. The van der Waals surface area contributed by atoms with Crippen LogP contribution in [0.3, 0.4) is 0 Å². The molecule has 6 nitrogen and oxygen atoms in total. The van der Waals surface area contributed by atoms with Crippen LogP contribution < -0.4 is 11.5 Å². The molecule has 0 atom stereocenters. The molecule has 0 aliphatic heterocycles. The van der Waals surface area contributed by atoms with E-state index in [0.717, 1.165) is 4.31 Å². The van der Waals surface area contributed by atoms with Crippen molar-refractivity contribution in [1.29, 1.82) is 0 Å². The van der Waals surface area contributed by atoms with Crippen molar-refractivity contribution in [3.8, 4) is 0 Å². The van der Waals surface area contributed by atoms with Crippen molar-refractivity contribution in [2.45, 2.75) is 4.90 Å². The van der Waals surface area contributed by atoms with Gasteiger partial charge in [-0.15, -0.1) is 0 Å². The topological polar surface area (TPSA) is 106 Å². The van der Waals surface area contributed by atoms with Crippen molar-refractivity contribution >= 4 is 44.8 Å². The average Bonchev–Trinajstić information content (AvgIpc) is 2.13. The molecular formula is C9H11Cl2N3O3S. The van der Waals surface area contributed by atoms with Crippen LogP contribution in [0.1, 0.15) is 0 Å². The van der Waals surface area contributed by atoms with Crippen LogP contribution in [-0.4, -0.2) is 32.2 Å². The highest BCUT2D eigenvalue weighted by Gasteiger charge is 2.27. The highest BCUT2D eigenvalue weighted by molar-refractivity contribution is 7.89. The van der Waals surface area contributed by atoms with Gasteiger partial charge in [0.25, 0.3) is 0 Å². The third-order valence-electron chi connectivity index (χ3n) is 2.07. The van der Waals surface area contributed by atoms with E-state index in [-0.39, 0.29) is 20.6 Å². The lowest BCUT2D eigenvalue weighted by molar-refractivity contribution is -0.118. The summed E-state index contributed by atoms with van der Waals surface area (Å²) in [6, 6.07) is 2.52. The summed E-state index contributed by atoms with van der Waals surface area (Å²) in [7, 11) is -2.80. The molecule has 0 aliphatic rings. The SMILES string of the molecule is CN(CC(N)=O)S(=O)(=O)c1c(Cl)cc(N)cc1Cl. The van der Waals surface area contributed by atoms with E-state index in [2.05, 4.69) is 0 Å². The molecule has 1 rings (SSSR count). The average molecular weight is 312 g/mol. The standard InChI is InChI=1S/C9H11Cl2N3O3S/c1-14(4-8(13)15)18(16,17)9-6(10)2-5(12)3-7(9)11/h2-3H,4,12H2,1H3,(H2,13,15). The molecule has 0 fully saturated rings. The van der Waals surface area contributed by atoms with Gasteiger partial charge in [0.2, 0.25) is 15.9 Å². The monoisotopic (exact) mass is 311 g/mol. The smallest absolute Gasteiger partial charge is 0.246 e. The lowest BCUT2D eigenvalue weighted by atomic mass is 10.3. The Bertz CT molecular complexity index is 566. The number of likely N-dealkylation sites (N-methyl/N-ethyl adjacent to an activating group) is 1. The lowest BCUT2D eigenvalue weighted by Gasteiger charge is -2.17. The van der Waals surface area contributed by atoms with Gasteiger partial charge in [0, 0.05) is 12.7 Å².